The fraction of sp³-hybridized carbons (Fsp3) is 0.182. The summed E-state index contributed by atoms with van der Waals surface area (Å²) in [6.45, 7) is 2.99. The summed E-state index contributed by atoms with van der Waals surface area (Å²) in [5.74, 6) is 1.88. The number of carbonyl (C=O) groups excluding carboxylic acids is 1. The van der Waals surface area contributed by atoms with Crippen LogP contribution < -0.4 is 15.4 Å². The van der Waals surface area contributed by atoms with Gasteiger partial charge in [-0.25, -0.2) is 4.98 Å². The summed E-state index contributed by atoms with van der Waals surface area (Å²) in [6, 6.07) is 16.7. The highest BCUT2D eigenvalue weighted by Gasteiger charge is 2.13. The molecule has 0 aliphatic heterocycles. The van der Waals surface area contributed by atoms with Crippen molar-refractivity contribution in [1.29, 1.82) is 0 Å². The van der Waals surface area contributed by atoms with Gasteiger partial charge in [0.25, 0.3) is 5.91 Å². The van der Waals surface area contributed by atoms with E-state index in [0.717, 1.165) is 22.9 Å². The van der Waals surface area contributed by atoms with Gasteiger partial charge in [0, 0.05) is 31.0 Å². The molecule has 3 heterocycles. The van der Waals surface area contributed by atoms with Crippen molar-refractivity contribution in [2.45, 2.75) is 13.3 Å². The molecule has 3 aromatic heterocycles. The average Bonchev–Trinajstić information content (AvgIpc) is 3.19. The zero-order valence-corrected chi connectivity index (χ0v) is 16.6. The number of fused-ring (bicyclic) bond motifs is 1. The third-order valence-electron chi connectivity index (χ3n) is 4.50. The van der Waals surface area contributed by atoms with E-state index in [9.17, 15) is 4.79 Å². The van der Waals surface area contributed by atoms with Crippen LogP contribution in [0.3, 0.4) is 0 Å². The van der Waals surface area contributed by atoms with Crippen molar-refractivity contribution in [3.05, 3.63) is 78.4 Å². The molecular formula is C22H22N6O2. The number of hydrogen-bond donors (Lipinski definition) is 2. The van der Waals surface area contributed by atoms with Crippen LogP contribution in [0.2, 0.25) is 0 Å². The number of aromatic nitrogens is 4. The molecule has 0 unspecified atom stereocenters. The quantitative estimate of drug-likeness (QED) is 0.470. The van der Waals surface area contributed by atoms with E-state index in [2.05, 4.69) is 25.8 Å². The topological polar surface area (TPSA) is 93.4 Å². The summed E-state index contributed by atoms with van der Waals surface area (Å²) in [4.78, 5) is 17.1. The molecule has 1 amide bonds. The molecule has 4 aromatic rings. The van der Waals surface area contributed by atoms with E-state index in [1.165, 1.54) is 0 Å². The van der Waals surface area contributed by atoms with Crippen LogP contribution in [0.5, 0.6) is 5.75 Å². The van der Waals surface area contributed by atoms with Crippen molar-refractivity contribution >= 4 is 23.1 Å². The molecule has 0 atom stereocenters. The summed E-state index contributed by atoms with van der Waals surface area (Å²) in [5.41, 5.74) is 2.08. The van der Waals surface area contributed by atoms with Gasteiger partial charge in [0.05, 0.1) is 12.2 Å². The van der Waals surface area contributed by atoms with Gasteiger partial charge in [0.15, 0.2) is 5.65 Å². The van der Waals surface area contributed by atoms with Crippen molar-refractivity contribution in [2.24, 2.45) is 0 Å². The van der Waals surface area contributed by atoms with E-state index in [-0.39, 0.29) is 5.91 Å². The maximum absolute atomic E-state index is 12.7. The van der Waals surface area contributed by atoms with E-state index in [0.29, 0.717) is 31.0 Å². The Morgan fingerprint density at radius 3 is 2.77 bits per heavy atom. The molecule has 0 saturated carbocycles. The average molecular weight is 402 g/mol. The Balaban J connectivity index is 1.40. The zero-order chi connectivity index (χ0) is 20.8. The normalized spacial score (nSPS) is 10.7. The van der Waals surface area contributed by atoms with Crippen molar-refractivity contribution in [2.75, 3.05) is 18.5 Å². The van der Waals surface area contributed by atoms with Crippen LogP contribution in [0.4, 0.5) is 11.5 Å². The van der Waals surface area contributed by atoms with Gasteiger partial charge in [-0.05, 0) is 55.5 Å². The number of amides is 1. The molecule has 152 valence electrons. The van der Waals surface area contributed by atoms with E-state index in [1.807, 2.05) is 60.0 Å². The number of anilines is 2. The van der Waals surface area contributed by atoms with Gasteiger partial charge in [0.2, 0.25) is 0 Å². The SMILES string of the molecule is CCOc1ccc(Nc2ncccc2C(=O)NCCc2nnc3ccccn23)cc1. The molecule has 0 saturated heterocycles. The molecule has 2 N–H and O–H groups in total. The second-order valence-corrected chi connectivity index (χ2v) is 6.53. The Hall–Kier alpha value is -3.94. The highest BCUT2D eigenvalue weighted by molar-refractivity contribution is 5.99. The lowest BCUT2D eigenvalue weighted by atomic mass is 10.2. The molecule has 8 nitrogen and oxygen atoms in total. The Morgan fingerprint density at radius 1 is 1.07 bits per heavy atom. The largest absolute Gasteiger partial charge is 0.494 e. The number of nitrogens with one attached hydrogen (secondary N) is 2. The summed E-state index contributed by atoms with van der Waals surface area (Å²) < 4.78 is 7.37. The fourth-order valence-corrected chi connectivity index (χ4v) is 3.07. The van der Waals surface area contributed by atoms with Gasteiger partial charge >= 0.3 is 0 Å². The standard InChI is InChI=1S/C22H22N6O2/c1-2-30-17-10-8-16(9-11-17)25-21-18(6-5-13-23-21)22(29)24-14-12-20-27-26-19-7-3-4-15-28(19)20/h3-11,13,15H,2,12,14H2,1H3,(H,23,25)(H,24,29). The van der Waals surface area contributed by atoms with Gasteiger partial charge in [-0.15, -0.1) is 10.2 Å². The molecular weight excluding hydrogens is 380 g/mol. The van der Waals surface area contributed by atoms with Crippen molar-refractivity contribution in [3.8, 4) is 5.75 Å². The first-order chi connectivity index (χ1) is 14.7. The smallest absolute Gasteiger partial charge is 0.255 e. The number of nitrogens with zero attached hydrogens (tertiary/aromatic N) is 4. The van der Waals surface area contributed by atoms with Crippen LogP contribution >= 0.6 is 0 Å². The van der Waals surface area contributed by atoms with Crippen molar-refractivity contribution in [3.63, 3.8) is 0 Å². The maximum Gasteiger partial charge on any atom is 0.255 e. The Labute approximate surface area is 173 Å². The Kier molecular flexibility index (Phi) is 5.84. The molecule has 8 heteroatoms. The summed E-state index contributed by atoms with van der Waals surface area (Å²) in [7, 11) is 0. The zero-order valence-electron chi connectivity index (χ0n) is 16.6. The molecule has 0 aliphatic rings. The van der Waals surface area contributed by atoms with Crippen LogP contribution in [-0.2, 0) is 6.42 Å². The fourth-order valence-electron chi connectivity index (χ4n) is 3.07. The number of rotatable bonds is 8. The second-order valence-electron chi connectivity index (χ2n) is 6.53. The predicted octanol–water partition coefficient (Wildman–Crippen LogP) is 3.24. The van der Waals surface area contributed by atoms with Gasteiger partial charge in [-0.2, -0.15) is 0 Å². The van der Waals surface area contributed by atoms with Gasteiger partial charge in [-0.3, -0.25) is 9.20 Å². The lowest BCUT2D eigenvalue weighted by Crippen LogP contribution is -2.27. The van der Waals surface area contributed by atoms with E-state index < -0.39 is 0 Å². The monoisotopic (exact) mass is 402 g/mol. The number of ether oxygens (including phenoxy) is 1. The lowest BCUT2D eigenvalue weighted by Gasteiger charge is -2.12. The first kappa shape index (κ1) is 19.4. The lowest BCUT2D eigenvalue weighted by molar-refractivity contribution is 0.0954. The number of carbonyl (C=O) groups is 1. The van der Waals surface area contributed by atoms with Crippen LogP contribution in [0.1, 0.15) is 23.1 Å². The van der Waals surface area contributed by atoms with Crippen molar-refractivity contribution in [1.82, 2.24) is 24.9 Å². The third-order valence-corrected chi connectivity index (χ3v) is 4.50. The number of hydrogen-bond acceptors (Lipinski definition) is 6. The summed E-state index contributed by atoms with van der Waals surface area (Å²) >= 11 is 0. The van der Waals surface area contributed by atoms with Crippen LogP contribution in [0.15, 0.2) is 67.0 Å². The van der Waals surface area contributed by atoms with Crippen LogP contribution in [0.25, 0.3) is 5.65 Å². The molecule has 30 heavy (non-hydrogen) atoms. The maximum atomic E-state index is 12.7. The van der Waals surface area contributed by atoms with Crippen LogP contribution in [-0.4, -0.2) is 38.6 Å². The minimum Gasteiger partial charge on any atom is -0.494 e. The highest BCUT2D eigenvalue weighted by Crippen LogP contribution is 2.21. The number of benzene rings is 1. The Morgan fingerprint density at radius 2 is 1.93 bits per heavy atom. The minimum atomic E-state index is -0.203. The second kappa shape index (κ2) is 9.04. The minimum absolute atomic E-state index is 0.203. The van der Waals surface area contributed by atoms with E-state index >= 15 is 0 Å². The van der Waals surface area contributed by atoms with Gasteiger partial charge < -0.3 is 15.4 Å². The predicted molar refractivity (Wildman–Crippen MR) is 114 cm³/mol. The molecule has 4 rings (SSSR count). The highest BCUT2D eigenvalue weighted by atomic mass is 16.5. The molecule has 0 bridgehead atoms. The Bertz CT molecular complexity index is 1140. The molecule has 0 spiro atoms. The van der Waals surface area contributed by atoms with E-state index in [1.54, 1.807) is 18.3 Å². The summed E-state index contributed by atoms with van der Waals surface area (Å²) in [5, 5.41) is 14.4. The van der Waals surface area contributed by atoms with Crippen LogP contribution in [0, 0.1) is 0 Å². The molecule has 0 aliphatic carbocycles. The molecule has 0 radical (unpaired) electrons. The first-order valence-corrected chi connectivity index (χ1v) is 9.76. The van der Waals surface area contributed by atoms with Gasteiger partial charge in [-0.1, -0.05) is 6.07 Å². The third kappa shape index (κ3) is 4.38. The number of pyridine rings is 2. The van der Waals surface area contributed by atoms with Gasteiger partial charge in [0.1, 0.15) is 17.4 Å². The molecule has 1 aromatic carbocycles. The molecule has 0 fully saturated rings. The van der Waals surface area contributed by atoms with Crippen molar-refractivity contribution < 1.29 is 9.53 Å². The van der Waals surface area contributed by atoms with E-state index in [4.69, 9.17) is 4.74 Å². The first-order valence-electron chi connectivity index (χ1n) is 9.76. The summed E-state index contributed by atoms with van der Waals surface area (Å²) in [6.07, 6.45) is 4.13.